The molecule has 3 heteroatoms. The number of benzene rings is 1. The number of aryl methyl sites for hydroxylation is 3. The van der Waals surface area contributed by atoms with Crippen LogP contribution in [0.3, 0.4) is 0 Å². The summed E-state index contributed by atoms with van der Waals surface area (Å²) in [6.07, 6.45) is 0. The molecular formula is C13H14BrNS. The Morgan fingerprint density at radius 3 is 2.31 bits per heavy atom. The summed E-state index contributed by atoms with van der Waals surface area (Å²) in [7, 11) is 0. The van der Waals surface area contributed by atoms with E-state index < -0.39 is 0 Å². The molecule has 0 saturated heterocycles. The van der Waals surface area contributed by atoms with Gasteiger partial charge in [-0.1, -0.05) is 15.9 Å². The van der Waals surface area contributed by atoms with Gasteiger partial charge in [0.1, 0.15) is 0 Å². The van der Waals surface area contributed by atoms with E-state index in [0.717, 1.165) is 15.7 Å². The summed E-state index contributed by atoms with van der Waals surface area (Å²) in [6, 6.07) is 6.35. The molecule has 1 heterocycles. The number of halogens is 1. The third kappa shape index (κ3) is 2.02. The highest BCUT2D eigenvalue weighted by Crippen LogP contribution is 2.37. The van der Waals surface area contributed by atoms with Gasteiger partial charge < -0.3 is 5.73 Å². The number of anilines is 1. The summed E-state index contributed by atoms with van der Waals surface area (Å²) >= 11 is 5.43. The van der Waals surface area contributed by atoms with Crippen LogP contribution in [0.15, 0.2) is 22.7 Å². The Kier molecular flexibility index (Phi) is 3.08. The maximum Gasteiger partial charge on any atom is 0.0350 e. The van der Waals surface area contributed by atoms with Crippen LogP contribution < -0.4 is 5.73 Å². The maximum atomic E-state index is 5.97. The SMILES string of the molecule is Cc1cc(-c2cc(N)c(C)cc2Br)c(C)s1. The van der Waals surface area contributed by atoms with Crippen LogP contribution in [0.4, 0.5) is 5.69 Å². The molecule has 0 aliphatic carbocycles. The zero-order valence-corrected chi connectivity index (χ0v) is 12.0. The van der Waals surface area contributed by atoms with Gasteiger partial charge in [0, 0.05) is 19.9 Å². The Hall–Kier alpha value is -0.800. The maximum absolute atomic E-state index is 5.97. The summed E-state index contributed by atoms with van der Waals surface area (Å²) < 4.78 is 1.11. The van der Waals surface area contributed by atoms with E-state index in [2.05, 4.69) is 41.9 Å². The van der Waals surface area contributed by atoms with Gasteiger partial charge in [-0.25, -0.2) is 0 Å². The van der Waals surface area contributed by atoms with Gasteiger partial charge in [0.25, 0.3) is 0 Å². The fourth-order valence-electron chi connectivity index (χ4n) is 1.79. The lowest BCUT2D eigenvalue weighted by molar-refractivity contribution is 1.44. The van der Waals surface area contributed by atoms with E-state index >= 15 is 0 Å². The first-order valence-corrected chi connectivity index (χ1v) is 6.73. The molecule has 0 radical (unpaired) electrons. The minimum atomic E-state index is 0.849. The molecule has 1 nitrogen and oxygen atoms in total. The number of hydrogen-bond acceptors (Lipinski definition) is 2. The molecule has 1 aromatic heterocycles. The molecule has 1 aromatic carbocycles. The van der Waals surface area contributed by atoms with Crippen LogP contribution in [-0.2, 0) is 0 Å². The minimum absolute atomic E-state index is 0.849. The number of hydrogen-bond donors (Lipinski definition) is 1. The standard InChI is InChI=1S/C13H14BrNS/c1-7-4-12(14)11(6-13(7)15)10-5-8(2)16-9(10)3/h4-6H,15H2,1-3H3. The quantitative estimate of drug-likeness (QED) is 0.759. The Bertz CT molecular complexity index is 543. The monoisotopic (exact) mass is 295 g/mol. The molecule has 16 heavy (non-hydrogen) atoms. The van der Waals surface area contributed by atoms with E-state index in [1.165, 1.54) is 20.9 Å². The van der Waals surface area contributed by atoms with Crippen molar-refractivity contribution >= 4 is 33.0 Å². The summed E-state index contributed by atoms with van der Waals surface area (Å²) in [5, 5.41) is 0. The normalized spacial score (nSPS) is 10.8. The number of nitrogen functional groups attached to an aromatic ring is 1. The molecule has 84 valence electrons. The van der Waals surface area contributed by atoms with Crippen molar-refractivity contribution in [1.29, 1.82) is 0 Å². The van der Waals surface area contributed by atoms with Gasteiger partial charge in [-0.15, -0.1) is 11.3 Å². The van der Waals surface area contributed by atoms with Crippen LogP contribution in [0, 0.1) is 20.8 Å². The molecule has 0 aliphatic rings. The fourth-order valence-corrected chi connectivity index (χ4v) is 3.40. The van der Waals surface area contributed by atoms with E-state index in [4.69, 9.17) is 5.73 Å². The topological polar surface area (TPSA) is 26.0 Å². The van der Waals surface area contributed by atoms with E-state index in [-0.39, 0.29) is 0 Å². The van der Waals surface area contributed by atoms with E-state index in [1.54, 1.807) is 0 Å². The van der Waals surface area contributed by atoms with E-state index in [0.29, 0.717) is 0 Å². The van der Waals surface area contributed by atoms with Crippen LogP contribution in [0.2, 0.25) is 0 Å². The van der Waals surface area contributed by atoms with Crippen molar-refractivity contribution in [3.8, 4) is 11.1 Å². The molecule has 2 N–H and O–H groups in total. The van der Waals surface area contributed by atoms with Gasteiger partial charge in [-0.2, -0.15) is 0 Å². The molecule has 0 saturated carbocycles. The predicted octanol–water partition coefficient (Wildman–Crippen LogP) is 4.69. The molecule has 0 atom stereocenters. The molecule has 2 rings (SSSR count). The molecule has 0 amide bonds. The molecule has 0 spiro atoms. The van der Waals surface area contributed by atoms with Gasteiger partial charge >= 0.3 is 0 Å². The third-order valence-electron chi connectivity index (χ3n) is 2.69. The van der Waals surface area contributed by atoms with Crippen molar-refractivity contribution in [2.24, 2.45) is 0 Å². The van der Waals surface area contributed by atoms with Crippen LogP contribution in [0.5, 0.6) is 0 Å². The smallest absolute Gasteiger partial charge is 0.0350 e. The largest absolute Gasteiger partial charge is 0.398 e. The van der Waals surface area contributed by atoms with Crippen molar-refractivity contribution < 1.29 is 0 Å². The van der Waals surface area contributed by atoms with Gasteiger partial charge in [-0.3, -0.25) is 0 Å². The van der Waals surface area contributed by atoms with Gasteiger partial charge in [0.05, 0.1) is 0 Å². The second kappa shape index (κ2) is 4.22. The zero-order valence-electron chi connectivity index (χ0n) is 9.60. The average molecular weight is 296 g/mol. The highest BCUT2D eigenvalue weighted by Gasteiger charge is 2.10. The van der Waals surface area contributed by atoms with Crippen molar-refractivity contribution in [3.05, 3.63) is 38.0 Å². The van der Waals surface area contributed by atoms with Crippen molar-refractivity contribution in [3.63, 3.8) is 0 Å². The average Bonchev–Trinajstić information content (AvgIpc) is 2.51. The summed E-state index contributed by atoms with van der Waals surface area (Å²) in [5.41, 5.74) is 10.4. The summed E-state index contributed by atoms with van der Waals surface area (Å²) in [4.78, 5) is 2.67. The second-order valence-corrected chi connectivity index (χ2v) is 6.33. The van der Waals surface area contributed by atoms with Crippen LogP contribution in [0.25, 0.3) is 11.1 Å². The number of thiophene rings is 1. The second-order valence-electron chi connectivity index (χ2n) is 4.02. The van der Waals surface area contributed by atoms with E-state index in [1.807, 2.05) is 24.3 Å². The highest BCUT2D eigenvalue weighted by molar-refractivity contribution is 9.10. The Balaban J connectivity index is 2.64. The van der Waals surface area contributed by atoms with Crippen molar-refractivity contribution in [2.45, 2.75) is 20.8 Å². The first-order valence-electron chi connectivity index (χ1n) is 5.12. The predicted molar refractivity (Wildman–Crippen MR) is 76.1 cm³/mol. The molecule has 2 aromatic rings. The highest BCUT2D eigenvalue weighted by atomic mass is 79.9. The van der Waals surface area contributed by atoms with Gasteiger partial charge in [-0.05, 0) is 55.7 Å². The van der Waals surface area contributed by atoms with Gasteiger partial charge in [0.15, 0.2) is 0 Å². The fraction of sp³-hybridized carbons (Fsp3) is 0.231. The molecule has 0 unspecified atom stereocenters. The Labute approximate surface area is 108 Å². The van der Waals surface area contributed by atoms with Crippen LogP contribution in [-0.4, -0.2) is 0 Å². The number of nitrogens with two attached hydrogens (primary N) is 1. The zero-order chi connectivity index (χ0) is 11.9. The minimum Gasteiger partial charge on any atom is -0.398 e. The Morgan fingerprint density at radius 1 is 1.06 bits per heavy atom. The Morgan fingerprint density at radius 2 is 1.75 bits per heavy atom. The van der Waals surface area contributed by atoms with Crippen LogP contribution in [0.1, 0.15) is 15.3 Å². The third-order valence-corrected chi connectivity index (χ3v) is 4.31. The molecular weight excluding hydrogens is 282 g/mol. The van der Waals surface area contributed by atoms with Crippen molar-refractivity contribution in [2.75, 3.05) is 5.73 Å². The molecule has 0 fully saturated rings. The van der Waals surface area contributed by atoms with Gasteiger partial charge in [0.2, 0.25) is 0 Å². The summed E-state index contributed by atoms with van der Waals surface area (Å²) in [6.45, 7) is 6.30. The lowest BCUT2D eigenvalue weighted by Crippen LogP contribution is -1.91. The first kappa shape index (κ1) is 11.7. The number of rotatable bonds is 1. The lowest BCUT2D eigenvalue weighted by atomic mass is 10.0. The van der Waals surface area contributed by atoms with E-state index in [9.17, 15) is 0 Å². The van der Waals surface area contributed by atoms with Crippen LogP contribution >= 0.6 is 27.3 Å². The van der Waals surface area contributed by atoms with Crippen molar-refractivity contribution in [1.82, 2.24) is 0 Å². The molecule has 0 aliphatic heterocycles. The lowest BCUT2D eigenvalue weighted by Gasteiger charge is -2.08. The summed E-state index contributed by atoms with van der Waals surface area (Å²) in [5.74, 6) is 0. The molecule has 0 bridgehead atoms. The first-order chi connectivity index (χ1) is 7.49.